The Balaban J connectivity index is 1.44. The van der Waals surface area contributed by atoms with Crippen LogP contribution in [0, 0.1) is 0 Å². The van der Waals surface area contributed by atoms with Crippen LogP contribution in [0.4, 0.5) is 0 Å². The molecule has 0 spiro atoms. The first-order valence-corrected chi connectivity index (χ1v) is 9.09. The summed E-state index contributed by atoms with van der Waals surface area (Å²) in [6.07, 6.45) is 8.84. The van der Waals surface area contributed by atoms with E-state index in [2.05, 4.69) is 25.7 Å². The van der Waals surface area contributed by atoms with Crippen molar-refractivity contribution in [2.45, 2.75) is 44.4 Å². The first-order chi connectivity index (χ1) is 11.3. The van der Waals surface area contributed by atoms with Gasteiger partial charge in [0.15, 0.2) is 0 Å². The van der Waals surface area contributed by atoms with E-state index in [0.29, 0.717) is 5.92 Å². The van der Waals surface area contributed by atoms with Gasteiger partial charge in [-0.3, -0.25) is 9.89 Å². The maximum Gasteiger partial charge on any atom is 0.254 e. The number of hydrogen-bond acceptors (Lipinski definition) is 4. The van der Waals surface area contributed by atoms with E-state index in [-0.39, 0.29) is 5.91 Å². The molecule has 3 heterocycles. The Morgan fingerprint density at radius 3 is 2.83 bits per heavy atom. The van der Waals surface area contributed by atoms with Gasteiger partial charge in [0.1, 0.15) is 0 Å². The number of aromatic nitrogens is 2. The van der Waals surface area contributed by atoms with Crippen LogP contribution in [0.1, 0.15) is 60.5 Å². The second kappa shape index (κ2) is 8.45. The van der Waals surface area contributed by atoms with Gasteiger partial charge in [0.05, 0.1) is 17.5 Å². The quantitative estimate of drug-likeness (QED) is 0.695. The van der Waals surface area contributed by atoms with Gasteiger partial charge >= 0.3 is 0 Å². The molecule has 1 amide bonds. The lowest BCUT2D eigenvalue weighted by Gasteiger charge is -2.26. The molecule has 1 aromatic rings. The van der Waals surface area contributed by atoms with Gasteiger partial charge in [-0.25, -0.2) is 0 Å². The summed E-state index contributed by atoms with van der Waals surface area (Å²) in [6, 6.07) is 0. The Hall–Kier alpha value is -1.40. The van der Waals surface area contributed by atoms with Crippen LogP contribution in [0.2, 0.25) is 0 Å². The largest absolute Gasteiger partial charge is 0.352 e. The Kier molecular flexibility index (Phi) is 6.05. The Bertz CT molecular complexity index is 489. The van der Waals surface area contributed by atoms with Gasteiger partial charge in [0, 0.05) is 12.5 Å². The average molecular weight is 319 g/mol. The zero-order valence-electron chi connectivity index (χ0n) is 13.9. The number of aromatic amines is 1. The van der Waals surface area contributed by atoms with Crippen LogP contribution < -0.4 is 10.6 Å². The van der Waals surface area contributed by atoms with Gasteiger partial charge in [0.25, 0.3) is 5.91 Å². The summed E-state index contributed by atoms with van der Waals surface area (Å²) in [7, 11) is 0. The minimum absolute atomic E-state index is 0.0194. The highest BCUT2D eigenvalue weighted by Gasteiger charge is 2.23. The molecule has 0 atom stereocenters. The van der Waals surface area contributed by atoms with Gasteiger partial charge in [-0.2, -0.15) is 5.10 Å². The Morgan fingerprint density at radius 1 is 1.26 bits per heavy atom. The lowest BCUT2D eigenvalue weighted by molar-refractivity contribution is 0.0949. The van der Waals surface area contributed by atoms with E-state index < -0.39 is 0 Å². The zero-order chi connectivity index (χ0) is 15.9. The molecule has 3 N–H and O–H groups in total. The number of carbonyl (C=O) groups is 1. The maximum absolute atomic E-state index is 12.4. The first kappa shape index (κ1) is 16.5. The molecule has 23 heavy (non-hydrogen) atoms. The molecule has 0 aliphatic carbocycles. The molecule has 0 saturated carbocycles. The molecule has 0 radical (unpaired) electrons. The summed E-state index contributed by atoms with van der Waals surface area (Å²) in [5.41, 5.74) is 1.75. The molecule has 3 rings (SSSR count). The Morgan fingerprint density at radius 2 is 2.04 bits per heavy atom. The maximum atomic E-state index is 12.4. The van der Waals surface area contributed by atoms with Crippen LogP contribution in [0.3, 0.4) is 0 Å². The van der Waals surface area contributed by atoms with Crippen molar-refractivity contribution in [3.63, 3.8) is 0 Å². The minimum atomic E-state index is 0.0194. The van der Waals surface area contributed by atoms with Gasteiger partial charge in [-0.1, -0.05) is 6.42 Å². The van der Waals surface area contributed by atoms with Crippen molar-refractivity contribution in [2.24, 2.45) is 0 Å². The predicted molar refractivity (Wildman–Crippen MR) is 90.7 cm³/mol. The standard InChI is InChI=1S/C17H29N5O/c23-17(19-7-4-12-22-10-2-1-3-11-22)15-13-20-21-16(15)14-5-8-18-9-6-14/h13-14,18H,1-12H2,(H,19,23)(H,20,21). The topological polar surface area (TPSA) is 73.0 Å². The number of rotatable bonds is 6. The van der Waals surface area contributed by atoms with Crippen molar-refractivity contribution < 1.29 is 4.79 Å². The molecule has 6 nitrogen and oxygen atoms in total. The highest BCUT2D eigenvalue weighted by atomic mass is 16.1. The Labute approximate surface area is 138 Å². The van der Waals surface area contributed by atoms with Crippen LogP contribution in [0.25, 0.3) is 0 Å². The number of nitrogens with zero attached hydrogens (tertiary/aromatic N) is 2. The van der Waals surface area contributed by atoms with E-state index in [1.54, 1.807) is 6.20 Å². The third kappa shape index (κ3) is 4.54. The van der Waals surface area contributed by atoms with Crippen LogP contribution in [-0.2, 0) is 0 Å². The number of likely N-dealkylation sites (tertiary alicyclic amines) is 1. The molecule has 0 unspecified atom stereocenters. The molecule has 6 heteroatoms. The number of piperidine rings is 2. The second-order valence-electron chi connectivity index (χ2n) is 6.73. The smallest absolute Gasteiger partial charge is 0.254 e. The number of H-pyrrole nitrogens is 1. The first-order valence-electron chi connectivity index (χ1n) is 9.09. The highest BCUT2D eigenvalue weighted by molar-refractivity contribution is 5.95. The summed E-state index contributed by atoms with van der Waals surface area (Å²) in [4.78, 5) is 14.9. The minimum Gasteiger partial charge on any atom is -0.352 e. The summed E-state index contributed by atoms with van der Waals surface area (Å²) in [5.74, 6) is 0.443. The fraction of sp³-hybridized carbons (Fsp3) is 0.765. The summed E-state index contributed by atoms with van der Waals surface area (Å²) in [5, 5.41) is 13.6. The summed E-state index contributed by atoms with van der Waals surface area (Å²) < 4.78 is 0. The lowest BCUT2D eigenvalue weighted by Crippen LogP contribution is -2.33. The fourth-order valence-electron chi connectivity index (χ4n) is 3.68. The van der Waals surface area contributed by atoms with Crippen molar-refractivity contribution in [1.29, 1.82) is 0 Å². The van der Waals surface area contributed by atoms with Crippen molar-refractivity contribution in [2.75, 3.05) is 39.3 Å². The average Bonchev–Trinajstić information content (AvgIpc) is 3.10. The van der Waals surface area contributed by atoms with Crippen molar-refractivity contribution >= 4 is 5.91 Å². The van der Waals surface area contributed by atoms with E-state index in [0.717, 1.165) is 56.7 Å². The van der Waals surface area contributed by atoms with Crippen LogP contribution in [-0.4, -0.2) is 60.3 Å². The third-order valence-electron chi connectivity index (χ3n) is 5.05. The van der Waals surface area contributed by atoms with E-state index in [1.807, 2.05) is 0 Å². The molecule has 2 aliphatic rings. The molecular formula is C17H29N5O. The summed E-state index contributed by atoms with van der Waals surface area (Å²) >= 11 is 0. The molecule has 0 aromatic carbocycles. The fourth-order valence-corrected chi connectivity index (χ4v) is 3.68. The van der Waals surface area contributed by atoms with Crippen LogP contribution >= 0.6 is 0 Å². The van der Waals surface area contributed by atoms with Crippen LogP contribution in [0.15, 0.2) is 6.20 Å². The monoisotopic (exact) mass is 319 g/mol. The van der Waals surface area contributed by atoms with Gasteiger partial charge in [-0.05, 0) is 64.8 Å². The predicted octanol–water partition coefficient (Wildman–Crippen LogP) is 1.48. The molecule has 1 aromatic heterocycles. The van der Waals surface area contributed by atoms with Gasteiger partial charge in [-0.15, -0.1) is 0 Å². The third-order valence-corrected chi connectivity index (χ3v) is 5.05. The molecule has 2 aliphatic heterocycles. The van der Waals surface area contributed by atoms with Crippen molar-refractivity contribution in [1.82, 2.24) is 25.7 Å². The van der Waals surface area contributed by atoms with E-state index in [1.165, 1.54) is 32.4 Å². The molecular weight excluding hydrogens is 290 g/mol. The van der Waals surface area contributed by atoms with Crippen molar-refractivity contribution in [3.05, 3.63) is 17.5 Å². The van der Waals surface area contributed by atoms with E-state index >= 15 is 0 Å². The van der Waals surface area contributed by atoms with Gasteiger partial charge in [0.2, 0.25) is 0 Å². The number of amides is 1. The SMILES string of the molecule is O=C(NCCCN1CCCCC1)c1cn[nH]c1C1CCNCC1. The van der Waals surface area contributed by atoms with Gasteiger partial charge < -0.3 is 15.5 Å². The zero-order valence-corrected chi connectivity index (χ0v) is 13.9. The molecule has 0 bridgehead atoms. The number of carbonyl (C=O) groups excluding carboxylic acids is 1. The lowest BCUT2D eigenvalue weighted by atomic mass is 9.92. The van der Waals surface area contributed by atoms with E-state index in [9.17, 15) is 4.79 Å². The molecule has 2 saturated heterocycles. The summed E-state index contributed by atoms with van der Waals surface area (Å²) in [6.45, 7) is 6.30. The highest BCUT2D eigenvalue weighted by Crippen LogP contribution is 2.26. The second-order valence-corrected chi connectivity index (χ2v) is 6.73. The molecule has 128 valence electrons. The van der Waals surface area contributed by atoms with E-state index in [4.69, 9.17) is 0 Å². The molecule has 2 fully saturated rings. The normalized spacial score (nSPS) is 20.5. The number of hydrogen-bond donors (Lipinski definition) is 3. The van der Waals surface area contributed by atoms with Crippen molar-refractivity contribution in [3.8, 4) is 0 Å². The van der Waals surface area contributed by atoms with Crippen LogP contribution in [0.5, 0.6) is 0 Å². The number of nitrogens with one attached hydrogen (secondary N) is 3.